The Kier molecular flexibility index (Phi) is 7.56. The number of urea groups is 1. The molecule has 2 rings (SSSR count). The Morgan fingerprint density at radius 1 is 1.14 bits per heavy atom. The minimum atomic E-state index is -3.55. The summed E-state index contributed by atoms with van der Waals surface area (Å²) in [6, 6.07) is 4.79. The minimum Gasteiger partial charge on any atom is -0.335 e. The molecule has 0 bridgehead atoms. The van der Waals surface area contributed by atoms with E-state index in [4.69, 9.17) is 0 Å². The molecule has 1 heterocycles. The van der Waals surface area contributed by atoms with Crippen LogP contribution in [0, 0.1) is 13.8 Å². The van der Waals surface area contributed by atoms with Crippen molar-refractivity contribution in [3.63, 3.8) is 0 Å². The third-order valence-corrected chi connectivity index (χ3v) is 6.95. The lowest BCUT2D eigenvalue weighted by Gasteiger charge is -2.33. The van der Waals surface area contributed by atoms with E-state index < -0.39 is 22.0 Å². The fourth-order valence-electron chi connectivity index (χ4n) is 3.09. The van der Waals surface area contributed by atoms with Crippen LogP contribution in [0.5, 0.6) is 0 Å². The summed E-state index contributed by atoms with van der Waals surface area (Å²) in [6.07, 6.45) is 0.776. The Morgan fingerprint density at radius 2 is 1.79 bits per heavy atom. The Hall–Kier alpha value is -1.97. The van der Waals surface area contributed by atoms with Crippen molar-refractivity contribution in [3.8, 4) is 0 Å². The highest BCUT2D eigenvalue weighted by Gasteiger charge is 2.30. The zero-order valence-corrected chi connectivity index (χ0v) is 17.8. The molecule has 0 spiro atoms. The molecule has 0 aliphatic carbocycles. The zero-order valence-electron chi connectivity index (χ0n) is 17.0. The largest absolute Gasteiger partial charge is 0.335 e. The van der Waals surface area contributed by atoms with E-state index in [1.54, 1.807) is 19.1 Å². The molecule has 0 aromatic heterocycles. The van der Waals surface area contributed by atoms with Gasteiger partial charge in [-0.15, -0.1) is 0 Å². The third kappa shape index (κ3) is 5.76. The van der Waals surface area contributed by atoms with Crippen molar-refractivity contribution in [1.82, 2.24) is 19.8 Å². The van der Waals surface area contributed by atoms with Crippen molar-refractivity contribution in [1.29, 1.82) is 0 Å². The number of sulfonamides is 1. The van der Waals surface area contributed by atoms with Gasteiger partial charge in [0, 0.05) is 32.2 Å². The lowest BCUT2D eigenvalue weighted by Crippen LogP contribution is -2.52. The number of rotatable bonds is 6. The molecule has 0 saturated carbocycles. The minimum absolute atomic E-state index is 0.00761. The number of hydrogen-bond donors (Lipinski definition) is 2. The first-order valence-electron chi connectivity index (χ1n) is 9.53. The lowest BCUT2D eigenvalue weighted by atomic mass is 10.2. The molecule has 3 amide bonds. The second-order valence-corrected chi connectivity index (χ2v) is 9.19. The highest BCUT2D eigenvalue weighted by Crippen LogP contribution is 2.22. The van der Waals surface area contributed by atoms with Crippen LogP contribution in [-0.4, -0.2) is 68.3 Å². The Bertz CT molecular complexity index is 817. The van der Waals surface area contributed by atoms with Crippen molar-refractivity contribution in [2.45, 2.75) is 45.1 Å². The van der Waals surface area contributed by atoms with Crippen LogP contribution in [0.15, 0.2) is 23.1 Å². The van der Waals surface area contributed by atoms with Crippen LogP contribution in [0.2, 0.25) is 0 Å². The summed E-state index contributed by atoms with van der Waals surface area (Å²) in [5, 5.41) is 4.99. The van der Waals surface area contributed by atoms with Gasteiger partial charge in [-0.05, 0) is 38.8 Å². The number of nitrogens with zero attached hydrogens (tertiary/aromatic N) is 2. The van der Waals surface area contributed by atoms with Crippen molar-refractivity contribution in [3.05, 3.63) is 29.3 Å². The molecule has 0 unspecified atom stereocenters. The molecule has 1 aromatic carbocycles. The summed E-state index contributed by atoms with van der Waals surface area (Å²) in [5.74, 6) is -0.397. The molecule has 9 heteroatoms. The highest BCUT2D eigenvalue weighted by atomic mass is 32.2. The molecular formula is C19H30N4O4S. The number of carbonyl (C=O) groups is 2. The number of hydrogen-bond acceptors (Lipinski definition) is 5. The van der Waals surface area contributed by atoms with Gasteiger partial charge in [0.1, 0.15) is 0 Å². The van der Waals surface area contributed by atoms with Crippen LogP contribution in [0.1, 0.15) is 31.4 Å². The number of amides is 3. The second-order valence-electron chi connectivity index (χ2n) is 7.28. The summed E-state index contributed by atoms with van der Waals surface area (Å²) >= 11 is 0. The molecule has 1 aromatic rings. The summed E-state index contributed by atoms with van der Waals surface area (Å²) in [7, 11) is -3.55. The van der Waals surface area contributed by atoms with Crippen LogP contribution in [0.25, 0.3) is 0 Å². The topological polar surface area (TPSA) is 98.8 Å². The monoisotopic (exact) mass is 410 g/mol. The standard InChI is InChI=1S/C19H30N4O4S/c1-5-16(4)20-19(25)21-18(24)13-22-8-10-23(11-9-22)28(26,27)17-7-6-14(2)12-15(17)3/h6-7,12,16H,5,8-11,13H2,1-4H3,(H2,20,21,24,25)/t16-/m0/s1. The molecule has 1 saturated heterocycles. The zero-order chi connectivity index (χ0) is 20.9. The molecular weight excluding hydrogens is 380 g/mol. The molecule has 8 nitrogen and oxygen atoms in total. The van der Waals surface area contributed by atoms with Gasteiger partial charge in [-0.3, -0.25) is 15.0 Å². The lowest BCUT2D eigenvalue weighted by molar-refractivity contribution is -0.121. The average Bonchev–Trinajstić information content (AvgIpc) is 2.61. The van der Waals surface area contributed by atoms with Gasteiger partial charge in [-0.1, -0.05) is 24.6 Å². The van der Waals surface area contributed by atoms with Crippen molar-refractivity contribution in [2.75, 3.05) is 32.7 Å². The van der Waals surface area contributed by atoms with Crippen molar-refractivity contribution < 1.29 is 18.0 Å². The highest BCUT2D eigenvalue weighted by molar-refractivity contribution is 7.89. The van der Waals surface area contributed by atoms with Crippen LogP contribution in [0.4, 0.5) is 4.79 Å². The van der Waals surface area contributed by atoms with E-state index in [2.05, 4.69) is 10.6 Å². The Labute approximate surface area is 167 Å². The van der Waals surface area contributed by atoms with Gasteiger partial charge in [0.05, 0.1) is 11.4 Å². The molecule has 1 aliphatic rings. The maximum Gasteiger partial charge on any atom is 0.321 e. The van der Waals surface area contributed by atoms with E-state index in [1.807, 2.05) is 31.7 Å². The molecule has 1 aliphatic heterocycles. The first-order valence-corrected chi connectivity index (χ1v) is 11.0. The number of benzene rings is 1. The number of imide groups is 1. The molecule has 1 atom stereocenters. The number of nitrogens with one attached hydrogen (secondary N) is 2. The quantitative estimate of drug-likeness (QED) is 0.735. The summed E-state index contributed by atoms with van der Waals surface area (Å²) < 4.78 is 27.3. The van der Waals surface area contributed by atoms with Crippen LogP contribution < -0.4 is 10.6 Å². The number of piperazine rings is 1. The summed E-state index contributed by atoms with van der Waals surface area (Å²) in [6.45, 7) is 9.07. The Morgan fingerprint density at radius 3 is 2.36 bits per heavy atom. The average molecular weight is 411 g/mol. The van der Waals surface area contributed by atoms with Crippen LogP contribution in [0.3, 0.4) is 0 Å². The van der Waals surface area contributed by atoms with Gasteiger partial charge in [0.25, 0.3) is 0 Å². The second kappa shape index (κ2) is 9.49. The molecule has 28 heavy (non-hydrogen) atoms. The van der Waals surface area contributed by atoms with Gasteiger partial charge >= 0.3 is 6.03 Å². The van der Waals surface area contributed by atoms with E-state index in [1.165, 1.54) is 4.31 Å². The van der Waals surface area contributed by atoms with E-state index in [0.29, 0.717) is 31.1 Å². The molecule has 1 fully saturated rings. The van der Waals surface area contributed by atoms with Crippen molar-refractivity contribution >= 4 is 22.0 Å². The number of carbonyl (C=O) groups excluding carboxylic acids is 2. The third-order valence-electron chi connectivity index (χ3n) is 4.89. The van der Waals surface area contributed by atoms with Gasteiger partial charge in [0.2, 0.25) is 15.9 Å². The van der Waals surface area contributed by atoms with Gasteiger partial charge in [0.15, 0.2) is 0 Å². The van der Waals surface area contributed by atoms with E-state index >= 15 is 0 Å². The Balaban J connectivity index is 1.88. The maximum absolute atomic E-state index is 12.9. The van der Waals surface area contributed by atoms with E-state index in [-0.39, 0.29) is 12.6 Å². The van der Waals surface area contributed by atoms with E-state index in [0.717, 1.165) is 17.5 Å². The normalized spacial score (nSPS) is 17.1. The predicted octanol–water partition coefficient (Wildman–Crippen LogP) is 1.23. The first-order chi connectivity index (χ1) is 13.1. The summed E-state index contributed by atoms with van der Waals surface area (Å²) in [4.78, 5) is 25.9. The fraction of sp³-hybridized carbons (Fsp3) is 0.579. The van der Waals surface area contributed by atoms with Gasteiger partial charge in [-0.2, -0.15) is 4.31 Å². The van der Waals surface area contributed by atoms with Gasteiger partial charge in [-0.25, -0.2) is 13.2 Å². The molecule has 0 radical (unpaired) electrons. The molecule has 156 valence electrons. The first kappa shape index (κ1) is 22.3. The maximum atomic E-state index is 12.9. The fourth-order valence-corrected chi connectivity index (χ4v) is 4.72. The van der Waals surface area contributed by atoms with Crippen LogP contribution >= 0.6 is 0 Å². The summed E-state index contributed by atoms with van der Waals surface area (Å²) in [5.41, 5.74) is 1.75. The SMILES string of the molecule is CC[C@H](C)NC(=O)NC(=O)CN1CCN(S(=O)(=O)c2ccc(C)cc2C)CC1. The van der Waals surface area contributed by atoms with Crippen LogP contribution in [-0.2, 0) is 14.8 Å². The van der Waals surface area contributed by atoms with Gasteiger partial charge < -0.3 is 5.32 Å². The molecule has 2 N–H and O–H groups in total. The van der Waals surface area contributed by atoms with Crippen molar-refractivity contribution in [2.24, 2.45) is 0 Å². The smallest absolute Gasteiger partial charge is 0.321 e. The van der Waals surface area contributed by atoms with E-state index in [9.17, 15) is 18.0 Å². The number of aryl methyl sites for hydroxylation is 2. The predicted molar refractivity (Wildman–Crippen MR) is 108 cm³/mol.